The number of nitrogens with zero attached hydrogens (tertiary/aromatic N) is 3. The largest absolute Gasteiger partial charge is 0.351 e. The van der Waals surface area contributed by atoms with Crippen molar-refractivity contribution in [2.75, 3.05) is 26.2 Å². The second-order valence-corrected chi connectivity index (χ2v) is 8.53. The molecule has 0 aliphatic carbocycles. The number of hydrogen-bond acceptors (Lipinski definition) is 3. The summed E-state index contributed by atoms with van der Waals surface area (Å²) in [5.41, 5.74) is 5.40. The van der Waals surface area contributed by atoms with Crippen LogP contribution in [0, 0.1) is 5.82 Å². The Hall–Kier alpha value is -3.51. The van der Waals surface area contributed by atoms with Crippen LogP contribution in [-0.4, -0.2) is 46.5 Å². The lowest BCUT2D eigenvalue weighted by atomic mass is 10.0. The summed E-state index contributed by atoms with van der Waals surface area (Å²) in [6.07, 6.45) is 5.58. The number of aromatic nitrogens is 2. The van der Waals surface area contributed by atoms with E-state index in [2.05, 4.69) is 15.2 Å². The van der Waals surface area contributed by atoms with Crippen LogP contribution in [-0.2, 0) is 0 Å². The molecule has 33 heavy (non-hydrogen) atoms. The summed E-state index contributed by atoms with van der Waals surface area (Å²) in [4.78, 5) is 19.4. The molecule has 1 aliphatic rings. The number of likely N-dealkylation sites (tertiary alicyclic amines) is 1. The molecule has 4 aromatic rings. The summed E-state index contributed by atoms with van der Waals surface area (Å²) in [7, 11) is 0. The van der Waals surface area contributed by atoms with Crippen LogP contribution < -0.4 is 5.32 Å². The predicted octanol–water partition coefficient (Wildman–Crippen LogP) is 5.05. The minimum atomic E-state index is -0.260. The maximum atomic E-state index is 13.2. The Morgan fingerprint density at radius 2 is 1.64 bits per heavy atom. The first-order valence-electron chi connectivity index (χ1n) is 11.5. The van der Waals surface area contributed by atoms with Crippen molar-refractivity contribution in [3.05, 3.63) is 84.4 Å². The lowest BCUT2D eigenvalue weighted by Gasteiger charge is -2.26. The number of fused-ring (bicyclic) bond motifs is 1. The third kappa shape index (κ3) is 4.81. The standard InChI is InChI=1S/C27H27FN4O/c28-23-9-11-24(12-10-23)32-19-30-25-18-22(8-13-26(25)32)20-4-6-21(7-5-20)27(33)29-14-17-31-15-2-1-3-16-31/h4-13,18-19H,1-3,14-17H2,(H,29,33). The molecule has 2 heterocycles. The molecule has 1 saturated heterocycles. The van der Waals surface area contributed by atoms with Crippen molar-refractivity contribution in [1.82, 2.24) is 19.8 Å². The second-order valence-electron chi connectivity index (χ2n) is 8.53. The molecule has 3 aromatic carbocycles. The van der Waals surface area contributed by atoms with E-state index in [1.54, 1.807) is 18.5 Å². The summed E-state index contributed by atoms with van der Waals surface area (Å²) < 4.78 is 15.2. The van der Waals surface area contributed by atoms with Gasteiger partial charge in [-0.05, 0) is 85.6 Å². The fraction of sp³-hybridized carbons (Fsp3) is 0.259. The number of carbonyl (C=O) groups is 1. The third-order valence-corrected chi connectivity index (χ3v) is 6.29. The van der Waals surface area contributed by atoms with Crippen LogP contribution in [0.2, 0.25) is 0 Å². The van der Waals surface area contributed by atoms with Gasteiger partial charge in [-0.15, -0.1) is 0 Å². The van der Waals surface area contributed by atoms with Crippen molar-refractivity contribution in [2.45, 2.75) is 19.3 Å². The minimum Gasteiger partial charge on any atom is -0.351 e. The molecule has 1 aromatic heterocycles. The Morgan fingerprint density at radius 3 is 2.39 bits per heavy atom. The van der Waals surface area contributed by atoms with Gasteiger partial charge in [0, 0.05) is 24.3 Å². The van der Waals surface area contributed by atoms with Crippen molar-refractivity contribution < 1.29 is 9.18 Å². The molecule has 1 amide bonds. The summed E-state index contributed by atoms with van der Waals surface area (Å²) in [5.74, 6) is -0.295. The monoisotopic (exact) mass is 442 g/mol. The molecule has 6 heteroatoms. The van der Waals surface area contributed by atoms with Crippen LogP contribution in [0.1, 0.15) is 29.6 Å². The fourth-order valence-electron chi connectivity index (χ4n) is 4.43. The molecule has 0 saturated carbocycles. The van der Waals surface area contributed by atoms with Gasteiger partial charge in [-0.3, -0.25) is 9.36 Å². The Bertz CT molecular complexity index is 1240. The number of halogens is 1. The quantitative estimate of drug-likeness (QED) is 0.455. The van der Waals surface area contributed by atoms with E-state index in [9.17, 15) is 9.18 Å². The van der Waals surface area contributed by atoms with Gasteiger partial charge in [0.2, 0.25) is 0 Å². The number of piperidine rings is 1. The Kier molecular flexibility index (Phi) is 6.17. The molecule has 0 spiro atoms. The van der Waals surface area contributed by atoms with E-state index in [4.69, 9.17) is 0 Å². The molecule has 5 rings (SSSR count). The maximum Gasteiger partial charge on any atom is 0.251 e. The van der Waals surface area contributed by atoms with Gasteiger partial charge in [-0.25, -0.2) is 9.37 Å². The highest BCUT2D eigenvalue weighted by Gasteiger charge is 2.11. The summed E-state index contributed by atoms with van der Waals surface area (Å²) in [5, 5.41) is 3.03. The molecular weight excluding hydrogens is 415 g/mol. The molecule has 0 bridgehead atoms. The molecule has 1 fully saturated rings. The van der Waals surface area contributed by atoms with Gasteiger partial charge in [-0.1, -0.05) is 24.6 Å². The van der Waals surface area contributed by atoms with Gasteiger partial charge in [-0.2, -0.15) is 0 Å². The van der Waals surface area contributed by atoms with Crippen molar-refractivity contribution in [1.29, 1.82) is 0 Å². The number of imidazole rings is 1. The number of carbonyl (C=O) groups excluding carboxylic acids is 1. The predicted molar refractivity (Wildman–Crippen MR) is 129 cm³/mol. The fourth-order valence-corrected chi connectivity index (χ4v) is 4.43. The van der Waals surface area contributed by atoms with Crippen LogP contribution in [0.15, 0.2) is 73.1 Å². The summed E-state index contributed by atoms with van der Waals surface area (Å²) in [6.45, 7) is 3.86. The van der Waals surface area contributed by atoms with Gasteiger partial charge in [0.25, 0.3) is 5.91 Å². The van der Waals surface area contributed by atoms with E-state index in [1.807, 2.05) is 47.0 Å². The number of hydrogen-bond donors (Lipinski definition) is 1. The van der Waals surface area contributed by atoms with E-state index in [-0.39, 0.29) is 11.7 Å². The Morgan fingerprint density at radius 1 is 0.909 bits per heavy atom. The zero-order chi connectivity index (χ0) is 22.6. The molecule has 1 aliphatic heterocycles. The topological polar surface area (TPSA) is 50.2 Å². The molecule has 0 atom stereocenters. The van der Waals surface area contributed by atoms with Gasteiger partial charge >= 0.3 is 0 Å². The van der Waals surface area contributed by atoms with Crippen LogP contribution in [0.4, 0.5) is 4.39 Å². The minimum absolute atomic E-state index is 0.0351. The molecule has 0 unspecified atom stereocenters. The number of nitrogens with one attached hydrogen (secondary N) is 1. The molecule has 1 N–H and O–H groups in total. The van der Waals surface area contributed by atoms with E-state index < -0.39 is 0 Å². The average Bonchev–Trinajstić information content (AvgIpc) is 3.28. The van der Waals surface area contributed by atoms with Gasteiger partial charge in [0.15, 0.2) is 0 Å². The van der Waals surface area contributed by atoms with Gasteiger partial charge in [0.1, 0.15) is 12.1 Å². The van der Waals surface area contributed by atoms with Crippen molar-refractivity contribution in [2.24, 2.45) is 0 Å². The average molecular weight is 443 g/mol. The zero-order valence-electron chi connectivity index (χ0n) is 18.5. The lowest BCUT2D eigenvalue weighted by molar-refractivity contribution is 0.0946. The Balaban J connectivity index is 1.26. The highest BCUT2D eigenvalue weighted by atomic mass is 19.1. The van der Waals surface area contributed by atoms with Crippen LogP contribution in [0.25, 0.3) is 27.8 Å². The molecule has 5 nitrogen and oxygen atoms in total. The van der Waals surface area contributed by atoms with E-state index in [0.29, 0.717) is 12.1 Å². The third-order valence-electron chi connectivity index (χ3n) is 6.29. The first-order valence-corrected chi connectivity index (χ1v) is 11.5. The lowest BCUT2D eigenvalue weighted by Crippen LogP contribution is -2.37. The van der Waals surface area contributed by atoms with Gasteiger partial charge < -0.3 is 10.2 Å². The first kappa shape index (κ1) is 21.3. The van der Waals surface area contributed by atoms with Crippen molar-refractivity contribution in [3.8, 4) is 16.8 Å². The zero-order valence-corrected chi connectivity index (χ0v) is 18.5. The normalized spacial score (nSPS) is 14.5. The van der Waals surface area contributed by atoms with Crippen LogP contribution >= 0.6 is 0 Å². The van der Waals surface area contributed by atoms with Crippen molar-refractivity contribution >= 4 is 16.9 Å². The highest BCUT2D eigenvalue weighted by molar-refractivity contribution is 5.94. The SMILES string of the molecule is O=C(NCCN1CCCCC1)c1ccc(-c2ccc3c(c2)ncn3-c2ccc(F)cc2)cc1. The van der Waals surface area contributed by atoms with Gasteiger partial charge in [0.05, 0.1) is 11.0 Å². The number of rotatable bonds is 6. The number of amides is 1. The van der Waals surface area contributed by atoms with E-state index >= 15 is 0 Å². The Labute approximate surface area is 192 Å². The molecule has 168 valence electrons. The van der Waals surface area contributed by atoms with Crippen molar-refractivity contribution in [3.63, 3.8) is 0 Å². The smallest absolute Gasteiger partial charge is 0.251 e. The molecular formula is C27H27FN4O. The summed E-state index contributed by atoms with van der Waals surface area (Å²) in [6, 6.07) is 20.1. The van der Waals surface area contributed by atoms with Crippen LogP contribution in [0.3, 0.4) is 0 Å². The molecule has 0 radical (unpaired) electrons. The first-order chi connectivity index (χ1) is 16.2. The summed E-state index contributed by atoms with van der Waals surface area (Å²) >= 11 is 0. The van der Waals surface area contributed by atoms with E-state index in [1.165, 1.54) is 31.4 Å². The van der Waals surface area contributed by atoms with Crippen LogP contribution in [0.5, 0.6) is 0 Å². The maximum absolute atomic E-state index is 13.2. The van der Waals surface area contributed by atoms with E-state index in [0.717, 1.165) is 47.5 Å². The number of benzene rings is 3. The second kappa shape index (κ2) is 9.55. The highest BCUT2D eigenvalue weighted by Crippen LogP contribution is 2.26.